The fourth-order valence-corrected chi connectivity index (χ4v) is 3.09. The SMILES string of the molecule is Fc1cc(F)c(N2C=NN(c3ccccc3)[CH-]2)[c-]c1N1C=NN(c2ccccc2)[CH-]1.[Os]. The number of rotatable bonds is 4. The summed E-state index contributed by atoms with van der Waals surface area (Å²) in [5.74, 6) is -1.49. The molecule has 0 spiro atoms. The standard InChI is InChI=1S/C22H15F2N6.Os/c23-19-11-20(24)22(28-14-26-30(16-28)18-9-5-2-6-10-18)12-21(19)27-13-25-29(15-27)17-7-3-1-4-8-17;/h1-11,13-16H;/q-3;. The van der Waals surface area contributed by atoms with Crippen molar-refractivity contribution in [3.63, 3.8) is 0 Å². The van der Waals surface area contributed by atoms with Gasteiger partial charge in [0.25, 0.3) is 0 Å². The third-order valence-electron chi connectivity index (χ3n) is 4.57. The van der Waals surface area contributed by atoms with Gasteiger partial charge in [0.15, 0.2) is 0 Å². The van der Waals surface area contributed by atoms with E-state index < -0.39 is 11.6 Å². The fraction of sp³-hybridized carbons (Fsp3) is 0. The molecule has 2 aliphatic heterocycles. The van der Waals surface area contributed by atoms with Gasteiger partial charge in [-0.25, -0.2) is 0 Å². The van der Waals surface area contributed by atoms with Crippen molar-refractivity contribution < 1.29 is 28.6 Å². The van der Waals surface area contributed by atoms with Crippen LogP contribution in [0.3, 0.4) is 0 Å². The molecule has 3 aromatic rings. The predicted molar refractivity (Wildman–Crippen MR) is 114 cm³/mol. The van der Waals surface area contributed by atoms with Crippen LogP contribution in [-0.2, 0) is 19.8 Å². The van der Waals surface area contributed by atoms with E-state index in [1.54, 1.807) is 23.4 Å². The number of anilines is 4. The molecule has 0 aliphatic carbocycles. The molecule has 9 heteroatoms. The topological polar surface area (TPSA) is 37.7 Å². The van der Waals surface area contributed by atoms with E-state index in [0.29, 0.717) is 0 Å². The zero-order valence-electron chi connectivity index (χ0n) is 16.0. The Labute approximate surface area is 191 Å². The third-order valence-corrected chi connectivity index (χ3v) is 4.57. The minimum atomic E-state index is -0.745. The summed E-state index contributed by atoms with van der Waals surface area (Å²) in [5, 5.41) is 11.7. The molecule has 6 nitrogen and oxygen atoms in total. The fourth-order valence-electron chi connectivity index (χ4n) is 3.09. The molecule has 31 heavy (non-hydrogen) atoms. The van der Waals surface area contributed by atoms with Crippen molar-refractivity contribution in [1.82, 2.24) is 0 Å². The summed E-state index contributed by atoms with van der Waals surface area (Å²) in [6.45, 7) is 3.20. The second-order valence-electron chi connectivity index (χ2n) is 6.53. The normalized spacial score (nSPS) is 15.0. The van der Waals surface area contributed by atoms with Crippen LogP contribution in [0.5, 0.6) is 0 Å². The number of para-hydroxylation sites is 2. The van der Waals surface area contributed by atoms with Crippen LogP contribution in [0.4, 0.5) is 31.5 Å². The Morgan fingerprint density at radius 2 is 1.10 bits per heavy atom. The molecule has 0 aromatic heterocycles. The van der Waals surface area contributed by atoms with E-state index in [4.69, 9.17) is 0 Å². The van der Waals surface area contributed by atoms with Gasteiger partial charge in [-0.1, -0.05) is 53.8 Å². The molecule has 0 saturated heterocycles. The molecule has 2 aliphatic rings. The Kier molecular flexibility index (Phi) is 5.96. The molecule has 5 rings (SSSR count). The number of hydrogen-bond acceptors (Lipinski definition) is 6. The van der Waals surface area contributed by atoms with E-state index in [-0.39, 0.29) is 31.2 Å². The van der Waals surface area contributed by atoms with Crippen molar-refractivity contribution in [2.24, 2.45) is 10.2 Å². The molecule has 0 N–H and O–H groups in total. The summed E-state index contributed by atoms with van der Waals surface area (Å²) >= 11 is 0. The second kappa shape index (κ2) is 8.82. The molecule has 3 aromatic carbocycles. The number of nitrogens with zero attached hydrogens (tertiary/aromatic N) is 6. The number of benzene rings is 3. The van der Waals surface area contributed by atoms with E-state index in [9.17, 15) is 8.78 Å². The maximum atomic E-state index is 14.6. The van der Waals surface area contributed by atoms with Gasteiger partial charge in [-0.3, -0.25) is 8.78 Å². The average molecular weight is 592 g/mol. The van der Waals surface area contributed by atoms with Crippen LogP contribution in [-0.4, -0.2) is 12.7 Å². The van der Waals surface area contributed by atoms with E-state index in [2.05, 4.69) is 16.3 Å². The summed E-state index contributed by atoms with van der Waals surface area (Å²) in [4.78, 5) is 2.90. The molecule has 0 bridgehead atoms. The maximum Gasteiger partial charge on any atom is 0.0834 e. The largest absolute Gasteiger partial charge is 0.481 e. The molecule has 0 atom stereocenters. The van der Waals surface area contributed by atoms with Gasteiger partial charge in [-0.05, 0) is 24.3 Å². The van der Waals surface area contributed by atoms with Crippen molar-refractivity contribution in [2.75, 3.05) is 19.8 Å². The number of hydrazone groups is 2. The third kappa shape index (κ3) is 4.14. The Hall–Kier alpha value is -3.30. The molecule has 0 amide bonds. The van der Waals surface area contributed by atoms with E-state index in [1.807, 2.05) is 60.7 Å². The first-order valence-electron chi connectivity index (χ1n) is 9.14. The molecule has 0 saturated carbocycles. The van der Waals surface area contributed by atoms with Crippen molar-refractivity contribution >= 4 is 35.4 Å². The molecule has 0 fully saturated rings. The smallest absolute Gasteiger partial charge is 0.0834 e. The van der Waals surface area contributed by atoms with Crippen LogP contribution in [0.2, 0.25) is 0 Å². The summed E-state index contributed by atoms with van der Waals surface area (Å²) in [6, 6.07) is 22.5. The first kappa shape index (κ1) is 20.9. The molecular formula is C22H15F2N6Os-3. The van der Waals surface area contributed by atoms with Gasteiger partial charge in [0.05, 0.1) is 12.7 Å². The number of hydrogen-bond donors (Lipinski definition) is 0. The van der Waals surface area contributed by atoms with Crippen LogP contribution < -0.4 is 19.8 Å². The first-order valence-corrected chi connectivity index (χ1v) is 9.14. The van der Waals surface area contributed by atoms with Gasteiger partial charge >= 0.3 is 0 Å². The van der Waals surface area contributed by atoms with Crippen molar-refractivity contribution in [3.05, 3.63) is 97.8 Å². The van der Waals surface area contributed by atoms with Crippen LogP contribution >= 0.6 is 0 Å². The molecule has 0 unspecified atom stereocenters. The van der Waals surface area contributed by atoms with Crippen molar-refractivity contribution in [3.8, 4) is 0 Å². The van der Waals surface area contributed by atoms with Gasteiger partial charge in [-0.2, -0.15) is 10.2 Å². The maximum absolute atomic E-state index is 14.6. The Morgan fingerprint density at radius 1 is 0.677 bits per heavy atom. The van der Waals surface area contributed by atoms with E-state index >= 15 is 0 Å². The predicted octanol–water partition coefficient (Wildman–Crippen LogP) is 4.54. The van der Waals surface area contributed by atoms with E-state index in [1.165, 1.54) is 22.5 Å². The summed E-state index contributed by atoms with van der Waals surface area (Å²) < 4.78 is 29.1. The Balaban J connectivity index is 0.00000231. The van der Waals surface area contributed by atoms with Gasteiger partial charge < -0.3 is 19.8 Å². The molecule has 2 heterocycles. The van der Waals surface area contributed by atoms with Crippen molar-refractivity contribution in [1.29, 1.82) is 0 Å². The molecule has 0 radical (unpaired) electrons. The quantitative estimate of drug-likeness (QED) is 0.418. The zero-order valence-corrected chi connectivity index (χ0v) is 18.5. The average Bonchev–Trinajstić information content (AvgIpc) is 3.46. The summed E-state index contributed by atoms with van der Waals surface area (Å²) in [6.07, 6.45) is 2.89. The van der Waals surface area contributed by atoms with Gasteiger partial charge in [-0.15, -0.1) is 19.4 Å². The van der Waals surface area contributed by atoms with Gasteiger partial charge in [0.1, 0.15) is 0 Å². The van der Waals surface area contributed by atoms with Crippen LogP contribution in [0.25, 0.3) is 0 Å². The van der Waals surface area contributed by atoms with Crippen LogP contribution in [0.1, 0.15) is 0 Å². The van der Waals surface area contributed by atoms with Gasteiger partial charge in [0, 0.05) is 42.8 Å². The zero-order chi connectivity index (χ0) is 20.5. The summed E-state index contributed by atoms with van der Waals surface area (Å²) in [7, 11) is 0. The Bertz CT molecular complexity index is 1020. The minimum Gasteiger partial charge on any atom is -0.481 e. The summed E-state index contributed by atoms with van der Waals surface area (Å²) in [5.41, 5.74) is 1.73. The van der Waals surface area contributed by atoms with E-state index in [0.717, 1.165) is 17.4 Å². The number of halogens is 2. The van der Waals surface area contributed by atoms with Crippen molar-refractivity contribution in [2.45, 2.75) is 0 Å². The monoisotopic (exact) mass is 593 g/mol. The Morgan fingerprint density at radius 3 is 1.52 bits per heavy atom. The minimum absolute atomic E-state index is 0. The van der Waals surface area contributed by atoms with Crippen LogP contribution in [0, 0.1) is 31.0 Å². The van der Waals surface area contributed by atoms with Crippen LogP contribution in [0.15, 0.2) is 76.9 Å². The molecular weight excluding hydrogens is 577 g/mol. The second-order valence-corrected chi connectivity index (χ2v) is 6.53. The van der Waals surface area contributed by atoms with Gasteiger partial charge in [0.2, 0.25) is 0 Å². The molecule has 158 valence electrons. The first-order chi connectivity index (χ1) is 14.7.